The van der Waals surface area contributed by atoms with Gasteiger partial charge in [0.25, 0.3) is 6.01 Å². The number of nitrogens with zero attached hydrogens (tertiary/aromatic N) is 8. The lowest BCUT2D eigenvalue weighted by Gasteiger charge is -2.33. The van der Waals surface area contributed by atoms with E-state index in [0.717, 1.165) is 30.0 Å². The maximum absolute atomic E-state index is 12.8. The van der Waals surface area contributed by atoms with E-state index in [1.165, 1.54) is 12.8 Å². The van der Waals surface area contributed by atoms with Crippen LogP contribution in [0.25, 0.3) is 11.1 Å². The molecule has 0 unspecified atom stereocenters. The van der Waals surface area contributed by atoms with Gasteiger partial charge in [0.15, 0.2) is 11.4 Å². The van der Waals surface area contributed by atoms with Crippen LogP contribution in [0.1, 0.15) is 18.7 Å². The van der Waals surface area contributed by atoms with Crippen molar-refractivity contribution >= 4 is 23.0 Å². The van der Waals surface area contributed by atoms with Gasteiger partial charge in [-0.2, -0.15) is 4.98 Å². The fourth-order valence-electron chi connectivity index (χ4n) is 3.97. The fraction of sp³-hybridized carbons (Fsp3) is 0.526. The predicted molar refractivity (Wildman–Crippen MR) is 105 cm³/mol. The van der Waals surface area contributed by atoms with Gasteiger partial charge < -0.3 is 14.2 Å². The summed E-state index contributed by atoms with van der Waals surface area (Å²) in [5.74, 6) is 0.794. The highest BCUT2D eigenvalue weighted by Gasteiger charge is 2.25. The Hall–Kier alpha value is -3.01. The Kier molecular flexibility index (Phi) is 4.84. The van der Waals surface area contributed by atoms with Crippen LogP contribution in [-0.4, -0.2) is 80.2 Å². The van der Waals surface area contributed by atoms with Crippen molar-refractivity contribution in [2.75, 3.05) is 44.2 Å². The molecule has 5 rings (SSSR count). The first-order valence-electron chi connectivity index (χ1n) is 10.1. The van der Waals surface area contributed by atoms with Crippen molar-refractivity contribution in [3.8, 4) is 0 Å². The lowest BCUT2D eigenvalue weighted by Crippen LogP contribution is -2.49. The van der Waals surface area contributed by atoms with Gasteiger partial charge in [0.05, 0.1) is 6.54 Å². The molecule has 0 spiro atoms. The van der Waals surface area contributed by atoms with Crippen LogP contribution in [0.2, 0.25) is 0 Å². The zero-order chi connectivity index (χ0) is 19.6. The van der Waals surface area contributed by atoms with Crippen LogP contribution in [0.15, 0.2) is 28.7 Å². The van der Waals surface area contributed by atoms with Gasteiger partial charge in [-0.1, -0.05) is 12.1 Å². The number of aromatic nitrogens is 5. The fourth-order valence-corrected chi connectivity index (χ4v) is 3.97. The number of carbonyl (C=O) groups excluding carboxylic acids is 1. The molecule has 0 atom stereocenters. The molecule has 2 aliphatic heterocycles. The van der Waals surface area contributed by atoms with Crippen molar-refractivity contribution < 1.29 is 9.21 Å². The minimum Gasteiger partial charge on any atom is -0.423 e. The van der Waals surface area contributed by atoms with Crippen molar-refractivity contribution in [3.63, 3.8) is 0 Å². The summed E-state index contributed by atoms with van der Waals surface area (Å²) in [6, 6.07) is 8.35. The van der Waals surface area contributed by atoms with Gasteiger partial charge in [-0.3, -0.25) is 9.69 Å². The molecule has 152 valence electrons. The summed E-state index contributed by atoms with van der Waals surface area (Å²) < 4.78 is 7.48. The molecule has 2 fully saturated rings. The van der Waals surface area contributed by atoms with Gasteiger partial charge in [0, 0.05) is 26.2 Å². The van der Waals surface area contributed by atoms with E-state index >= 15 is 0 Å². The van der Waals surface area contributed by atoms with Crippen LogP contribution in [0.4, 0.5) is 6.01 Å². The second kappa shape index (κ2) is 7.78. The molecule has 4 heterocycles. The molecule has 0 radical (unpaired) electrons. The Morgan fingerprint density at radius 2 is 1.83 bits per heavy atom. The topological polar surface area (TPSA) is 96.4 Å². The molecule has 0 saturated carbocycles. The number of fused-ring (bicyclic) bond motifs is 1. The van der Waals surface area contributed by atoms with Crippen molar-refractivity contribution in [1.82, 2.24) is 35.0 Å². The average Bonchev–Trinajstić information content (AvgIpc) is 3.50. The summed E-state index contributed by atoms with van der Waals surface area (Å²) in [7, 11) is 0. The second-order valence-corrected chi connectivity index (χ2v) is 7.57. The van der Waals surface area contributed by atoms with Crippen molar-refractivity contribution in [3.05, 3.63) is 30.1 Å². The standard InChI is InChI=1S/C19H24N8O2/c28-18(14-27-17(21-22-23-27)13-24-7-3-4-8-24)25-9-11-26(12-10-25)19-20-15-5-1-2-6-16(15)29-19/h1-2,5-6H,3-4,7-14H2. The summed E-state index contributed by atoms with van der Waals surface area (Å²) in [6.07, 6.45) is 2.43. The lowest BCUT2D eigenvalue weighted by atomic mass is 10.3. The quantitative estimate of drug-likeness (QED) is 0.624. The Morgan fingerprint density at radius 1 is 1.03 bits per heavy atom. The predicted octanol–water partition coefficient (Wildman–Crippen LogP) is 0.759. The molecule has 1 amide bonds. The van der Waals surface area contributed by atoms with Gasteiger partial charge in [-0.25, -0.2) is 4.68 Å². The number of likely N-dealkylation sites (tertiary alicyclic amines) is 1. The van der Waals surface area contributed by atoms with Crippen LogP contribution in [0.3, 0.4) is 0 Å². The number of para-hydroxylation sites is 2. The number of anilines is 1. The molecular formula is C19H24N8O2. The smallest absolute Gasteiger partial charge is 0.298 e. The minimum absolute atomic E-state index is 0.0391. The molecule has 10 nitrogen and oxygen atoms in total. The zero-order valence-corrected chi connectivity index (χ0v) is 16.3. The van der Waals surface area contributed by atoms with E-state index in [1.54, 1.807) is 4.68 Å². The lowest BCUT2D eigenvalue weighted by molar-refractivity contribution is -0.132. The van der Waals surface area contributed by atoms with Crippen LogP contribution >= 0.6 is 0 Å². The van der Waals surface area contributed by atoms with E-state index < -0.39 is 0 Å². The van der Waals surface area contributed by atoms with Gasteiger partial charge in [-0.05, 0) is 48.5 Å². The number of tetrazole rings is 1. The highest BCUT2D eigenvalue weighted by atomic mass is 16.4. The van der Waals surface area contributed by atoms with Crippen LogP contribution < -0.4 is 4.90 Å². The highest BCUT2D eigenvalue weighted by Crippen LogP contribution is 2.22. The Balaban J connectivity index is 1.18. The molecule has 2 aromatic heterocycles. The second-order valence-electron chi connectivity index (χ2n) is 7.57. The number of carbonyl (C=O) groups is 1. The third kappa shape index (κ3) is 3.80. The number of piperazine rings is 1. The van der Waals surface area contributed by atoms with Crippen molar-refractivity contribution in [2.45, 2.75) is 25.9 Å². The number of hydrogen-bond donors (Lipinski definition) is 0. The van der Waals surface area contributed by atoms with Gasteiger partial charge in [0.2, 0.25) is 5.91 Å². The number of rotatable bonds is 5. The molecule has 0 aliphatic carbocycles. The third-order valence-corrected chi connectivity index (χ3v) is 5.64. The normalized spacial score (nSPS) is 18.1. The van der Waals surface area contributed by atoms with E-state index in [4.69, 9.17) is 4.42 Å². The van der Waals surface area contributed by atoms with E-state index in [9.17, 15) is 4.79 Å². The Labute approximate surface area is 168 Å². The number of oxazole rings is 1. The minimum atomic E-state index is 0.0391. The maximum Gasteiger partial charge on any atom is 0.298 e. The maximum atomic E-state index is 12.8. The van der Waals surface area contributed by atoms with Gasteiger partial charge in [-0.15, -0.1) is 5.10 Å². The first kappa shape index (κ1) is 18.0. The van der Waals surface area contributed by atoms with Crippen LogP contribution in [0.5, 0.6) is 0 Å². The van der Waals surface area contributed by atoms with Crippen LogP contribution in [-0.2, 0) is 17.9 Å². The van der Waals surface area contributed by atoms with E-state index in [0.29, 0.717) is 38.7 Å². The van der Waals surface area contributed by atoms with E-state index in [1.807, 2.05) is 29.2 Å². The summed E-state index contributed by atoms with van der Waals surface area (Å²) in [6.45, 7) is 5.65. The first-order valence-corrected chi connectivity index (χ1v) is 10.1. The van der Waals surface area contributed by atoms with E-state index in [2.05, 4.69) is 30.3 Å². The average molecular weight is 396 g/mol. The Morgan fingerprint density at radius 3 is 2.62 bits per heavy atom. The number of benzene rings is 1. The molecule has 2 saturated heterocycles. The van der Waals surface area contributed by atoms with Crippen LogP contribution in [0, 0.1) is 0 Å². The summed E-state index contributed by atoms with van der Waals surface area (Å²) in [5.41, 5.74) is 1.63. The molecule has 29 heavy (non-hydrogen) atoms. The molecule has 1 aromatic carbocycles. The molecular weight excluding hydrogens is 372 g/mol. The molecule has 0 N–H and O–H groups in total. The SMILES string of the molecule is O=C(Cn1nnnc1CN1CCCC1)N1CCN(c2nc3ccccc3o2)CC1. The van der Waals surface area contributed by atoms with Gasteiger partial charge in [0.1, 0.15) is 12.1 Å². The summed E-state index contributed by atoms with van der Waals surface area (Å²) >= 11 is 0. The largest absolute Gasteiger partial charge is 0.423 e. The third-order valence-electron chi connectivity index (χ3n) is 5.64. The summed E-state index contributed by atoms with van der Waals surface area (Å²) in [5, 5.41) is 11.9. The number of hydrogen-bond acceptors (Lipinski definition) is 8. The highest BCUT2D eigenvalue weighted by molar-refractivity contribution is 5.76. The van der Waals surface area contributed by atoms with Crippen molar-refractivity contribution in [2.24, 2.45) is 0 Å². The molecule has 2 aliphatic rings. The van der Waals surface area contributed by atoms with E-state index in [-0.39, 0.29) is 12.5 Å². The summed E-state index contributed by atoms with van der Waals surface area (Å²) in [4.78, 5) is 23.6. The van der Waals surface area contributed by atoms with Gasteiger partial charge >= 0.3 is 0 Å². The molecule has 3 aromatic rings. The molecule has 0 bridgehead atoms. The first-order chi connectivity index (χ1) is 14.3. The molecule has 10 heteroatoms. The van der Waals surface area contributed by atoms with Crippen molar-refractivity contribution in [1.29, 1.82) is 0 Å². The monoisotopic (exact) mass is 396 g/mol. The number of amides is 1. The Bertz CT molecular complexity index is 952. The zero-order valence-electron chi connectivity index (χ0n) is 16.3.